The number of amides is 2. The van der Waals surface area contributed by atoms with Gasteiger partial charge in [-0.05, 0) is 0 Å². The van der Waals surface area contributed by atoms with Crippen molar-refractivity contribution < 1.29 is 23.9 Å². The van der Waals surface area contributed by atoms with Crippen molar-refractivity contribution in [2.45, 2.75) is 13.3 Å². The van der Waals surface area contributed by atoms with Gasteiger partial charge in [0.15, 0.2) is 5.78 Å². The summed E-state index contributed by atoms with van der Waals surface area (Å²) in [6.07, 6.45) is 2.94. The quantitative estimate of drug-likeness (QED) is 0.426. The van der Waals surface area contributed by atoms with E-state index in [1.54, 1.807) is 6.92 Å². The van der Waals surface area contributed by atoms with Gasteiger partial charge in [-0.15, -0.1) is 0 Å². The van der Waals surface area contributed by atoms with Crippen LogP contribution in [0.4, 0.5) is 0 Å². The molecule has 0 bridgehead atoms. The molecule has 1 aliphatic heterocycles. The van der Waals surface area contributed by atoms with Gasteiger partial charge >= 0.3 is 0 Å². The molecule has 0 aromatic carbocycles. The molecule has 1 rings (SSSR count). The standard InChI is InChI=1S/C12H17NO5/c1-2-10(14)9-18-8-7-17-6-5-13-11(15)3-4-12(13)16/h3-4H,2,5-9H2,1H3. The average molecular weight is 255 g/mol. The van der Waals surface area contributed by atoms with Crippen LogP contribution in [0.25, 0.3) is 0 Å². The van der Waals surface area contributed by atoms with E-state index in [4.69, 9.17) is 9.47 Å². The fourth-order valence-electron chi connectivity index (χ4n) is 1.32. The molecule has 0 aromatic rings. The number of hydrogen-bond donors (Lipinski definition) is 0. The molecule has 0 saturated carbocycles. The van der Waals surface area contributed by atoms with Crippen LogP contribution in [-0.4, -0.2) is 55.5 Å². The van der Waals surface area contributed by atoms with Crippen molar-refractivity contribution in [1.29, 1.82) is 0 Å². The number of ether oxygens (including phenoxy) is 2. The Hall–Kier alpha value is -1.53. The summed E-state index contributed by atoms with van der Waals surface area (Å²) in [4.78, 5) is 34.3. The van der Waals surface area contributed by atoms with Crippen molar-refractivity contribution in [3.63, 3.8) is 0 Å². The van der Waals surface area contributed by atoms with Crippen molar-refractivity contribution in [3.05, 3.63) is 12.2 Å². The normalized spacial score (nSPS) is 14.6. The molecule has 0 unspecified atom stereocenters. The minimum Gasteiger partial charge on any atom is -0.377 e. The number of carbonyl (C=O) groups is 3. The molecule has 0 fully saturated rings. The van der Waals surface area contributed by atoms with Crippen LogP contribution in [0.5, 0.6) is 0 Å². The highest BCUT2D eigenvalue weighted by Crippen LogP contribution is 2.02. The predicted octanol–water partition coefficient (Wildman–Crippen LogP) is -0.0763. The molecule has 0 aliphatic carbocycles. The molecule has 100 valence electrons. The van der Waals surface area contributed by atoms with Crippen molar-refractivity contribution in [2.24, 2.45) is 0 Å². The van der Waals surface area contributed by atoms with Gasteiger partial charge < -0.3 is 9.47 Å². The van der Waals surface area contributed by atoms with Crippen molar-refractivity contribution >= 4 is 17.6 Å². The highest BCUT2D eigenvalue weighted by Gasteiger charge is 2.22. The molecule has 0 N–H and O–H groups in total. The summed E-state index contributed by atoms with van der Waals surface area (Å²) in [5, 5.41) is 0. The number of Topliss-reactive ketones (excluding diaryl/α,β-unsaturated/α-hetero) is 1. The number of carbonyl (C=O) groups excluding carboxylic acids is 3. The first-order valence-electron chi connectivity index (χ1n) is 5.86. The monoisotopic (exact) mass is 255 g/mol. The smallest absolute Gasteiger partial charge is 0.253 e. The number of hydrogen-bond acceptors (Lipinski definition) is 5. The van der Waals surface area contributed by atoms with Crippen LogP contribution in [0.15, 0.2) is 12.2 Å². The van der Waals surface area contributed by atoms with E-state index in [2.05, 4.69) is 0 Å². The fourth-order valence-corrected chi connectivity index (χ4v) is 1.32. The molecule has 0 saturated heterocycles. The first-order chi connectivity index (χ1) is 8.65. The summed E-state index contributed by atoms with van der Waals surface area (Å²) < 4.78 is 10.3. The minimum atomic E-state index is -0.312. The van der Waals surface area contributed by atoms with Gasteiger partial charge in [-0.25, -0.2) is 0 Å². The maximum absolute atomic E-state index is 11.2. The molecule has 2 amide bonds. The van der Waals surface area contributed by atoms with Crippen LogP contribution >= 0.6 is 0 Å². The first-order valence-corrected chi connectivity index (χ1v) is 5.86. The topological polar surface area (TPSA) is 72.9 Å². The lowest BCUT2D eigenvalue weighted by atomic mass is 10.3. The lowest BCUT2D eigenvalue weighted by Gasteiger charge is -2.13. The molecule has 1 heterocycles. The first kappa shape index (κ1) is 14.5. The van der Waals surface area contributed by atoms with E-state index in [0.717, 1.165) is 4.90 Å². The summed E-state index contributed by atoms with van der Waals surface area (Å²) in [6, 6.07) is 0. The second kappa shape index (κ2) is 7.73. The maximum atomic E-state index is 11.2. The van der Waals surface area contributed by atoms with E-state index in [0.29, 0.717) is 19.6 Å². The lowest BCUT2D eigenvalue weighted by molar-refractivity contribution is -0.137. The van der Waals surface area contributed by atoms with E-state index >= 15 is 0 Å². The third-order valence-corrected chi connectivity index (χ3v) is 2.39. The Bertz CT molecular complexity index is 332. The maximum Gasteiger partial charge on any atom is 0.253 e. The van der Waals surface area contributed by atoms with Gasteiger partial charge in [-0.1, -0.05) is 6.92 Å². The minimum absolute atomic E-state index is 0.0503. The molecule has 18 heavy (non-hydrogen) atoms. The van der Waals surface area contributed by atoms with Gasteiger partial charge in [0.1, 0.15) is 6.61 Å². The third-order valence-electron chi connectivity index (χ3n) is 2.39. The highest BCUT2D eigenvalue weighted by atomic mass is 16.5. The Labute approximate surface area is 106 Å². The van der Waals surface area contributed by atoms with Gasteiger partial charge in [0.05, 0.1) is 26.4 Å². The van der Waals surface area contributed by atoms with Gasteiger partial charge in [0.2, 0.25) is 0 Å². The van der Waals surface area contributed by atoms with Crippen LogP contribution in [0.3, 0.4) is 0 Å². The zero-order valence-corrected chi connectivity index (χ0v) is 10.4. The summed E-state index contributed by atoms with van der Waals surface area (Å²) in [5.74, 6) is -0.573. The molecule has 0 radical (unpaired) electrons. The Morgan fingerprint density at radius 1 is 1.11 bits per heavy atom. The molecule has 6 nitrogen and oxygen atoms in total. The molecule has 0 aromatic heterocycles. The lowest BCUT2D eigenvalue weighted by Crippen LogP contribution is -2.33. The molecule has 6 heteroatoms. The number of imide groups is 1. The molecule has 0 spiro atoms. The van der Waals surface area contributed by atoms with Crippen molar-refractivity contribution in [3.8, 4) is 0 Å². The van der Waals surface area contributed by atoms with Gasteiger partial charge in [-0.3, -0.25) is 19.3 Å². The van der Waals surface area contributed by atoms with Gasteiger partial charge in [0, 0.05) is 18.6 Å². The summed E-state index contributed by atoms with van der Waals surface area (Å²) in [5.41, 5.74) is 0. The summed E-state index contributed by atoms with van der Waals surface area (Å²) in [7, 11) is 0. The third kappa shape index (κ3) is 4.77. The van der Waals surface area contributed by atoms with E-state index in [9.17, 15) is 14.4 Å². The van der Waals surface area contributed by atoms with E-state index in [1.807, 2.05) is 0 Å². The molecule has 1 aliphatic rings. The van der Waals surface area contributed by atoms with Crippen LogP contribution in [0.1, 0.15) is 13.3 Å². The van der Waals surface area contributed by atoms with Crippen LogP contribution in [0.2, 0.25) is 0 Å². The Kier molecular flexibility index (Phi) is 6.24. The van der Waals surface area contributed by atoms with Crippen LogP contribution in [0, 0.1) is 0 Å². The summed E-state index contributed by atoms with van der Waals surface area (Å²) in [6.45, 7) is 3.04. The fraction of sp³-hybridized carbons (Fsp3) is 0.583. The zero-order chi connectivity index (χ0) is 13.4. The molecular formula is C12H17NO5. The van der Waals surface area contributed by atoms with Crippen LogP contribution in [-0.2, 0) is 23.9 Å². The molecular weight excluding hydrogens is 238 g/mol. The second-order valence-corrected chi connectivity index (χ2v) is 3.72. The van der Waals surface area contributed by atoms with E-state index in [1.165, 1.54) is 12.2 Å². The van der Waals surface area contributed by atoms with Crippen molar-refractivity contribution in [2.75, 3.05) is 33.0 Å². The number of nitrogens with zero attached hydrogens (tertiary/aromatic N) is 1. The van der Waals surface area contributed by atoms with Gasteiger partial charge in [0.25, 0.3) is 11.8 Å². The number of rotatable bonds is 9. The van der Waals surface area contributed by atoms with E-state index < -0.39 is 0 Å². The van der Waals surface area contributed by atoms with Crippen LogP contribution < -0.4 is 0 Å². The van der Waals surface area contributed by atoms with Crippen molar-refractivity contribution in [1.82, 2.24) is 4.90 Å². The zero-order valence-electron chi connectivity index (χ0n) is 10.4. The predicted molar refractivity (Wildman–Crippen MR) is 62.8 cm³/mol. The SMILES string of the molecule is CCC(=O)COCCOCCN1C(=O)C=CC1=O. The van der Waals surface area contributed by atoms with E-state index in [-0.39, 0.29) is 37.4 Å². The van der Waals surface area contributed by atoms with Gasteiger partial charge in [-0.2, -0.15) is 0 Å². The Morgan fingerprint density at radius 2 is 1.72 bits per heavy atom. The summed E-state index contributed by atoms with van der Waals surface area (Å²) >= 11 is 0. The Morgan fingerprint density at radius 3 is 2.33 bits per heavy atom. The Balaban J connectivity index is 1.98. The average Bonchev–Trinajstić information content (AvgIpc) is 2.68. The molecule has 0 atom stereocenters. The highest BCUT2D eigenvalue weighted by molar-refractivity contribution is 6.12. The second-order valence-electron chi connectivity index (χ2n) is 3.72. The largest absolute Gasteiger partial charge is 0.377 e. The number of ketones is 1.